The van der Waals surface area contributed by atoms with Crippen LogP contribution in [0.4, 0.5) is 5.69 Å². The van der Waals surface area contributed by atoms with Gasteiger partial charge < -0.3 is 15.2 Å². The van der Waals surface area contributed by atoms with Crippen molar-refractivity contribution in [2.24, 2.45) is 4.99 Å². The molecule has 3 aromatic carbocycles. The number of hydrogen-bond donors (Lipinski definition) is 2. The summed E-state index contributed by atoms with van der Waals surface area (Å²) in [5.41, 5.74) is 2.88. The summed E-state index contributed by atoms with van der Waals surface area (Å²) >= 11 is 0. The molecule has 1 aliphatic rings. The first-order chi connectivity index (χ1) is 16.6. The minimum Gasteiger partial charge on any atom is -0.511 e. The highest BCUT2D eigenvalue weighted by Crippen LogP contribution is 2.46. The fourth-order valence-corrected chi connectivity index (χ4v) is 4.40. The Morgan fingerprint density at radius 3 is 2.09 bits per heavy atom. The molecule has 2 N–H and O–H groups in total. The molecule has 0 aliphatic carbocycles. The van der Waals surface area contributed by atoms with E-state index in [1.54, 1.807) is 6.92 Å². The van der Waals surface area contributed by atoms with Crippen LogP contribution in [0.25, 0.3) is 0 Å². The van der Waals surface area contributed by atoms with Crippen molar-refractivity contribution < 1.29 is 14.6 Å². The minimum absolute atomic E-state index is 0.0130. The molecular weight excluding hydrogens is 424 g/mol. The highest BCUT2D eigenvalue weighted by atomic mass is 16.5. The highest BCUT2D eigenvalue weighted by Gasteiger charge is 2.42. The zero-order valence-electron chi connectivity index (χ0n) is 19.6. The van der Waals surface area contributed by atoms with Gasteiger partial charge in [-0.1, -0.05) is 92.2 Å². The number of aliphatic imine (C=N–C) groups is 1. The quantitative estimate of drug-likeness (QED) is 0.236. The fourth-order valence-electron chi connectivity index (χ4n) is 4.40. The summed E-state index contributed by atoms with van der Waals surface area (Å²) in [5, 5.41) is 14.3. The number of nitrogens with zero attached hydrogens (tertiary/aromatic N) is 1. The zero-order valence-corrected chi connectivity index (χ0v) is 19.6. The number of fused-ring (bicyclic) bond motifs is 1. The smallest absolute Gasteiger partial charge is 0.345 e. The van der Waals surface area contributed by atoms with Gasteiger partial charge in [-0.2, -0.15) is 0 Å². The average molecular weight is 455 g/mol. The van der Waals surface area contributed by atoms with Crippen LogP contribution in [0.5, 0.6) is 0 Å². The van der Waals surface area contributed by atoms with E-state index in [9.17, 15) is 9.90 Å². The van der Waals surface area contributed by atoms with E-state index in [4.69, 9.17) is 9.73 Å². The van der Waals surface area contributed by atoms with E-state index in [0.29, 0.717) is 12.3 Å². The molecule has 0 bridgehead atoms. The third-order valence-electron chi connectivity index (χ3n) is 6.00. The van der Waals surface area contributed by atoms with Crippen LogP contribution in [-0.2, 0) is 15.1 Å². The lowest BCUT2D eigenvalue weighted by Crippen LogP contribution is -2.38. The summed E-state index contributed by atoms with van der Waals surface area (Å²) in [6.07, 6.45) is 2.01. The second kappa shape index (κ2) is 10.4. The lowest BCUT2D eigenvalue weighted by atomic mass is 9.75. The van der Waals surface area contributed by atoms with Crippen LogP contribution in [0.15, 0.2) is 101 Å². The molecule has 174 valence electrons. The van der Waals surface area contributed by atoms with E-state index in [2.05, 4.69) is 5.32 Å². The molecule has 0 atom stereocenters. The summed E-state index contributed by atoms with van der Waals surface area (Å²) in [5.74, 6) is -0.295. The first kappa shape index (κ1) is 23.3. The highest BCUT2D eigenvalue weighted by molar-refractivity contribution is 6.25. The van der Waals surface area contributed by atoms with Gasteiger partial charge in [-0.15, -0.1) is 0 Å². The molecule has 0 saturated heterocycles. The number of esters is 1. The molecule has 0 fully saturated rings. The van der Waals surface area contributed by atoms with Crippen LogP contribution < -0.4 is 5.32 Å². The van der Waals surface area contributed by atoms with Gasteiger partial charge in [-0.3, -0.25) is 0 Å². The Kier molecular flexibility index (Phi) is 7.12. The fraction of sp³-hybridized carbons (Fsp3) is 0.241. The van der Waals surface area contributed by atoms with Crippen molar-refractivity contribution >= 4 is 17.5 Å². The van der Waals surface area contributed by atoms with Gasteiger partial charge in [0.1, 0.15) is 22.7 Å². The standard InChI is InChI=1S/C29H30N2O3/c1-3-5-20-25(32)26(28(33)34-4-2)27-30-24-19-13-12-18-23(24)29(31-27,21-14-8-6-9-15-21)22-16-10-7-11-17-22/h6-19,32H,3-5,20H2,1-2H3,(H,30,31). The Morgan fingerprint density at radius 2 is 1.50 bits per heavy atom. The van der Waals surface area contributed by atoms with Crippen LogP contribution >= 0.6 is 0 Å². The largest absolute Gasteiger partial charge is 0.511 e. The molecule has 0 saturated carbocycles. The molecule has 1 aliphatic heterocycles. The molecule has 5 heteroatoms. The third kappa shape index (κ3) is 4.34. The van der Waals surface area contributed by atoms with E-state index in [0.717, 1.165) is 35.2 Å². The lowest BCUT2D eigenvalue weighted by Gasteiger charge is -2.38. The lowest BCUT2D eigenvalue weighted by molar-refractivity contribution is -0.138. The molecule has 34 heavy (non-hydrogen) atoms. The van der Waals surface area contributed by atoms with E-state index in [1.807, 2.05) is 91.9 Å². The van der Waals surface area contributed by atoms with Crippen LogP contribution in [0.1, 0.15) is 49.8 Å². The second-order valence-electron chi connectivity index (χ2n) is 8.22. The molecule has 0 spiro atoms. The molecule has 0 aromatic heterocycles. The van der Waals surface area contributed by atoms with Gasteiger partial charge in [0.15, 0.2) is 0 Å². The van der Waals surface area contributed by atoms with Crippen molar-refractivity contribution in [3.63, 3.8) is 0 Å². The number of anilines is 1. The number of carbonyl (C=O) groups excluding carboxylic acids is 1. The van der Waals surface area contributed by atoms with E-state index < -0.39 is 11.5 Å². The molecule has 4 rings (SSSR count). The monoisotopic (exact) mass is 454 g/mol. The topological polar surface area (TPSA) is 70.9 Å². The van der Waals surface area contributed by atoms with Gasteiger partial charge >= 0.3 is 5.97 Å². The summed E-state index contributed by atoms with van der Waals surface area (Å²) < 4.78 is 5.35. The molecule has 0 radical (unpaired) electrons. The van der Waals surface area contributed by atoms with E-state index >= 15 is 0 Å². The Balaban J connectivity index is 2.03. The number of aliphatic hydroxyl groups excluding tert-OH is 1. The van der Waals surface area contributed by atoms with Crippen LogP contribution in [0, 0.1) is 0 Å². The molecule has 0 amide bonds. The summed E-state index contributed by atoms with van der Waals surface area (Å²) in [4.78, 5) is 18.3. The summed E-state index contributed by atoms with van der Waals surface area (Å²) in [7, 11) is 0. The number of rotatable bonds is 8. The van der Waals surface area contributed by atoms with Crippen molar-refractivity contribution in [3.8, 4) is 0 Å². The van der Waals surface area contributed by atoms with Gasteiger partial charge in [0.2, 0.25) is 0 Å². The summed E-state index contributed by atoms with van der Waals surface area (Å²) in [6.45, 7) is 4.00. The first-order valence-corrected chi connectivity index (χ1v) is 11.8. The van der Waals surface area contributed by atoms with Gasteiger partial charge in [0.25, 0.3) is 0 Å². The molecule has 0 unspecified atom stereocenters. The second-order valence-corrected chi connectivity index (χ2v) is 8.22. The summed E-state index contributed by atoms with van der Waals surface area (Å²) in [6, 6.07) is 28.0. The Hall–Kier alpha value is -3.86. The van der Waals surface area contributed by atoms with Crippen LogP contribution in [-0.4, -0.2) is 23.5 Å². The SMILES string of the molecule is CCCCC(O)=C(C(=O)OCC)C1=NC(c2ccccc2)(c2ccccc2)c2ccccc2N1. The molecule has 1 heterocycles. The first-order valence-electron chi connectivity index (χ1n) is 11.8. The Labute approximate surface area is 200 Å². The number of ether oxygens (including phenoxy) is 1. The Bertz CT molecular complexity index is 1160. The van der Waals surface area contributed by atoms with Crippen molar-refractivity contribution in [1.29, 1.82) is 0 Å². The maximum Gasteiger partial charge on any atom is 0.345 e. The minimum atomic E-state index is -0.914. The van der Waals surface area contributed by atoms with Crippen molar-refractivity contribution in [2.45, 2.75) is 38.6 Å². The number of aliphatic hydroxyl groups is 1. The van der Waals surface area contributed by atoms with Crippen molar-refractivity contribution in [3.05, 3.63) is 113 Å². The number of nitrogens with one attached hydrogen (secondary N) is 1. The number of carbonyl (C=O) groups is 1. The third-order valence-corrected chi connectivity index (χ3v) is 6.00. The average Bonchev–Trinajstić information content (AvgIpc) is 2.88. The van der Waals surface area contributed by atoms with E-state index in [-0.39, 0.29) is 17.9 Å². The number of unbranched alkanes of at least 4 members (excludes halogenated alkanes) is 1. The predicted molar refractivity (Wildman–Crippen MR) is 136 cm³/mol. The van der Waals surface area contributed by atoms with Gasteiger partial charge in [-0.25, -0.2) is 9.79 Å². The Morgan fingerprint density at radius 1 is 0.912 bits per heavy atom. The maximum atomic E-state index is 13.1. The van der Waals surface area contributed by atoms with Gasteiger partial charge in [0.05, 0.1) is 6.61 Å². The number of allylic oxidation sites excluding steroid dienone is 1. The number of hydrogen-bond acceptors (Lipinski definition) is 5. The number of amidine groups is 1. The normalized spacial score (nSPS) is 14.8. The molecule has 5 nitrogen and oxygen atoms in total. The van der Waals surface area contributed by atoms with Gasteiger partial charge in [0, 0.05) is 17.7 Å². The van der Waals surface area contributed by atoms with Crippen molar-refractivity contribution in [2.75, 3.05) is 11.9 Å². The van der Waals surface area contributed by atoms with Gasteiger partial charge in [-0.05, 0) is 30.5 Å². The van der Waals surface area contributed by atoms with E-state index in [1.165, 1.54) is 0 Å². The van der Waals surface area contributed by atoms with Crippen molar-refractivity contribution in [1.82, 2.24) is 0 Å². The molecular formula is C29H30N2O3. The predicted octanol–water partition coefficient (Wildman–Crippen LogP) is 6.37. The number of benzene rings is 3. The molecule has 3 aromatic rings. The van der Waals surface area contributed by atoms with Crippen LogP contribution in [0.3, 0.4) is 0 Å². The maximum absolute atomic E-state index is 13.1. The zero-order chi connectivity index (χ0) is 24.0. The number of para-hydroxylation sites is 1. The van der Waals surface area contributed by atoms with Crippen LogP contribution in [0.2, 0.25) is 0 Å².